The standard InChI is InChI=1S/C7H13NO.C2H7N/c1-4-5-6(2)7(9)8-3;1-2-3/h5H,4H2,1-3H3,(H,8,9);2-3H2,1H3. The molecule has 0 bridgehead atoms. The van der Waals surface area contributed by atoms with Crippen molar-refractivity contribution >= 4 is 5.91 Å². The van der Waals surface area contributed by atoms with Gasteiger partial charge in [0.2, 0.25) is 5.91 Å². The molecule has 0 aliphatic heterocycles. The lowest BCUT2D eigenvalue weighted by Gasteiger charge is -1.95. The zero-order chi connectivity index (χ0) is 9.98. The average molecular weight is 172 g/mol. The van der Waals surface area contributed by atoms with Gasteiger partial charge in [-0.25, -0.2) is 0 Å². The fourth-order valence-electron chi connectivity index (χ4n) is 0.596. The Bertz CT molecular complexity index is 141. The van der Waals surface area contributed by atoms with Crippen LogP contribution in [0.5, 0.6) is 0 Å². The molecule has 0 radical (unpaired) electrons. The summed E-state index contributed by atoms with van der Waals surface area (Å²) in [5.74, 6) is 0.0110. The predicted octanol–water partition coefficient (Wildman–Crippen LogP) is 1.05. The summed E-state index contributed by atoms with van der Waals surface area (Å²) in [6.45, 7) is 6.47. The molecule has 0 fully saturated rings. The van der Waals surface area contributed by atoms with Gasteiger partial charge in [-0.3, -0.25) is 4.79 Å². The second-order valence-electron chi connectivity index (χ2n) is 2.28. The number of hydrogen-bond donors (Lipinski definition) is 2. The van der Waals surface area contributed by atoms with Crippen LogP contribution in [0.3, 0.4) is 0 Å². The molecule has 0 spiro atoms. The molecule has 0 saturated heterocycles. The first-order valence-electron chi connectivity index (χ1n) is 4.22. The maximum absolute atomic E-state index is 10.7. The van der Waals surface area contributed by atoms with Gasteiger partial charge in [0.15, 0.2) is 0 Å². The maximum Gasteiger partial charge on any atom is 0.246 e. The lowest BCUT2D eigenvalue weighted by Crippen LogP contribution is -2.18. The Morgan fingerprint density at radius 1 is 1.50 bits per heavy atom. The summed E-state index contributed by atoms with van der Waals surface area (Å²) < 4.78 is 0. The van der Waals surface area contributed by atoms with E-state index >= 15 is 0 Å². The third-order valence-corrected chi connectivity index (χ3v) is 1.10. The summed E-state index contributed by atoms with van der Waals surface area (Å²) in [6.07, 6.45) is 2.82. The van der Waals surface area contributed by atoms with E-state index < -0.39 is 0 Å². The smallest absolute Gasteiger partial charge is 0.246 e. The molecule has 0 saturated carbocycles. The zero-order valence-corrected chi connectivity index (χ0v) is 8.48. The fourth-order valence-corrected chi connectivity index (χ4v) is 0.596. The second kappa shape index (κ2) is 10.2. The van der Waals surface area contributed by atoms with Gasteiger partial charge in [0.1, 0.15) is 0 Å². The highest BCUT2D eigenvalue weighted by atomic mass is 16.1. The van der Waals surface area contributed by atoms with Crippen molar-refractivity contribution in [3.63, 3.8) is 0 Å². The molecule has 12 heavy (non-hydrogen) atoms. The van der Waals surface area contributed by atoms with Crippen LogP contribution in [0.1, 0.15) is 27.2 Å². The maximum atomic E-state index is 10.7. The number of nitrogens with one attached hydrogen (secondary N) is 1. The van der Waals surface area contributed by atoms with Crippen LogP contribution in [-0.2, 0) is 4.79 Å². The average Bonchev–Trinajstić information content (AvgIpc) is 2.05. The summed E-state index contributed by atoms with van der Waals surface area (Å²) in [5.41, 5.74) is 5.64. The Morgan fingerprint density at radius 3 is 2.17 bits per heavy atom. The van der Waals surface area contributed by atoms with E-state index in [1.807, 2.05) is 26.8 Å². The van der Waals surface area contributed by atoms with Crippen molar-refractivity contribution < 1.29 is 4.79 Å². The van der Waals surface area contributed by atoms with Crippen LogP contribution < -0.4 is 11.1 Å². The first kappa shape index (κ1) is 13.7. The minimum Gasteiger partial charge on any atom is -0.355 e. The van der Waals surface area contributed by atoms with Crippen LogP contribution in [0.15, 0.2) is 11.6 Å². The van der Waals surface area contributed by atoms with Crippen molar-refractivity contribution in [2.45, 2.75) is 27.2 Å². The molecule has 0 unspecified atom stereocenters. The first-order chi connectivity index (χ1) is 5.63. The van der Waals surface area contributed by atoms with E-state index in [1.165, 1.54) is 0 Å². The van der Waals surface area contributed by atoms with Gasteiger partial charge in [0.05, 0.1) is 0 Å². The number of hydrogen-bond acceptors (Lipinski definition) is 2. The Morgan fingerprint density at radius 2 is 1.92 bits per heavy atom. The summed E-state index contributed by atoms with van der Waals surface area (Å²) in [4.78, 5) is 10.7. The zero-order valence-electron chi connectivity index (χ0n) is 8.48. The molecule has 0 heterocycles. The van der Waals surface area contributed by atoms with E-state index in [4.69, 9.17) is 5.73 Å². The van der Waals surface area contributed by atoms with Crippen LogP contribution >= 0.6 is 0 Å². The summed E-state index contributed by atoms with van der Waals surface area (Å²) in [5, 5.41) is 2.54. The molecule has 0 aliphatic carbocycles. The normalized spacial score (nSPS) is 9.92. The predicted molar refractivity (Wildman–Crippen MR) is 52.8 cm³/mol. The number of likely N-dealkylation sites (N-methyl/N-ethyl adjacent to an activating group) is 1. The van der Waals surface area contributed by atoms with Gasteiger partial charge in [-0.05, 0) is 19.9 Å². The van der Waals surface area contributed by atoms with E-state index in [1.54, 1.807) is 7.05 Å². The number of rotatable bonds is 2. The third-order valence-electron chi connectivity index (χ3n) is 1.10. The van der Waals surface area contributed by atoms with Gasteiger partial charge >= 0.3 is 0 Å². The molecule has 72 valence electrons. The number of carbonyl (C=O) groups is 1. The van der Waals surface area contributed by atoms with Crippen LogP contribution in [0.2, 0.25) is 0 Å². The highest BCUT2D eigenvalue weighted by molar-refractivity contribution is 5.92. The molecule has 0 aliphatic rings. The van der Waals surface area contributed by atoms with Gasteiger partial charge in [-0.2, -0.15) is 0 Å². The summed E-state index contributed by atoms with van der Waals surface area (Å²) >= 11 is 0. The van der Waals surface area contributed by atoms with E-state index in [2.05, 4.69) is 5.32 Å². The monoisotopic (exact) mass is 172 g/mol. The first-order valence-corrected chi connectivity index (χ1v) is 4.22. The van der Waals surface area contributed by atoms with Crippen molar-refractivity contribution in [2.24, 2.45) is 5.73 Å². The van der Waals surface area contributed by atoms with Crippen LogP contribution in [-0.4, -0.2) is 19.5 Å². The minimum atomic E-state index is 0.0110. The largest absolute Gasteiger partial charge is 0.355 e. The Hall–Kier alpha value is -0.830. The molecule has 0 aromatic rings. The number of nitrogens with two attached hydrogens (primary N) is 1. The van der Waals surface area contributed by atoms with E-state index in [9.17, 15) is 4.79 Å². The van der Waals surface area contributed by atoms with Crippen molar-refractivity contribution in [2.75, 3.05) is 13.6 Å². The lowest BCUT2D eigenvalue weighted by atomic mass is 10.2. The Kier molecular flexibility index (Phi) is 11.6. The van der Waals surface area contributed by atoms with Crippen LogP contribution in [0, 0.1) is 0 Å². The summed E-state index contributed by atoms with van der Waals surface area (Å²) in [7, 11) is 1.63. The van der Waals surface area contributed by atoms with Gasteiger partial charge in [0.25, 0.3) is 0 Å². The molecule has 0 aromatic heterocycles. The molecule has 0 rings (SSSR count). The highest BCUT2D eigenvalue weighted by Crippen LogP contribution is 1.92. The van der Waals surface area contributed by atoms with Crippen molar-refractivity contribution in [1.82, 2.24) is 5.32 Å². The van der Waals surface area contributed by atoms with Crippen LogP contribution in [0.4, 0.5) is 0 Å². The van der Waals surface area contributed by atoms with Crippen molar-refractivity contribution in [3.8, 4) is 0 Å². The molecule has 3 N–H and O–H groups in total. The third kappa shape index (κ3) is 9.17. The SMILES string of the molecule is CCC=C(C)C(=O)NC.CCN. The Balaban J connectivity index is 0. The highest BCUT2D eigenvalue weighted by Gasteiger charge is 1.96. The molecule has 0 aromatic carbocycles. The van der Waals surface area contributed by atoms with Gasteiger partial charge in [-0.1, -0.05) is 19.9 Å². The minimum absolute atomic E-state index is 0.0110. The molecule has 3 nitrogen and oxygen atoms in total. The van der Waals surface area contributed by atoms with Gasteiger partial charge < -0.3 is 11.1 Å². The molecular weight excluding hydrogens is 152 g/mol. The Labute approximate surface area is 75.0 Å². The number of allylic oxidation sites excluding steroid dienone is 1. The molecule has 3 heteroatoms. The topological polar surface area (TPSA) is 55.1 Å². The van der Waals surface area contributed by atoms with Crippen molar-refractivity contribution in [3.05, 3.63) is 11.6 Å². The second-order valence-corrected chi connectivity index (χ2v) is 2.28. The molecule has 1 amide bonds. The number of amides is 1. The van der Waals surface area contributed by atoms with Gasteiger partial charge in [0, 0.05) is 12.6 Å². The molecule has 0 atom stereocenters. The van der Waals surface area contributed by atoms with Crippen LogP contribution in [0.25, 0.3) is 0 Å². The lowest BCUT2D eigenvalue weighted by molar-refractivity contribution is -0.117. The van der Waals surface area contributed by atoms with Crippen molar-refractivity contribution in [1.29, 1.82) is 0 Å². The van der Waals surface area contributed by atoms with E-state index in [0.29, 0.717) is 0 Å². The summed E-state index contributed by atoms with van der Waals surface area (Å²) in [6, 6.07) is 0. The fraction of sp³-hybridized carbons (Fsp3) is 0.667. The number of carbonyl (C=O) groups excluding carboxylic acids is 1. The van der Waals surface area contributed by atoms with E-state index in [-0.39, 0.29) is 5.91 Å². The quantitative estimate of drug-likeness (QED) is 0.612. The van der Waals surface area contributed by atoms with E-state index in [0.717, 1.165) is 18.5 Å². The van der Waals surface area contributed by atoms with Gasteiger partial charge in [-0.15, -0.1) is 0 Å². The molecular formula is C9H20N2O.